The van der Waals surface area contributed by atoms with Crippen LogP contribution in [-0.2, 0) is 12.8 Å². The van der Waals surface area contributed by atoms with Gasteiger partial charge in [0.1, 0.15) is 0 Å². The molecule has 0 aliphatic heterocycles. The van der Waals surface area contributed by atoms with E-state index in [9.17, 15) is 0 Å². The first-order valence-electron chi connectivity index (χ1n) is 17.9. The average Bonchev–Trinajstić information content (AvgIpc) is 3.70. The minimum Gasteiger partial charge on any atom is -0.313 e. The fourth-order valence-electron chi connectivity index (χ4n) is 9.10. The topological polar surface area (TPSA) is 9.86 Å². The van der Waals surface area contributed by atoms with Gasteiger partial charge in [0.15, 0.2) is 0 Å². The molecule has 0 saturated carbocycles. The first-order chi connectivity index (χ1) is 24.8. The van der Waals surface area contributed by atoms with Crippen molar-refractivity contribution in [3.63, 3.8) is 0 Å². The Morgan fingerprint density at radius 3 is 1.64 bits per heavy atom. The molecule has 236 valence electrons. The zero-order valence-electron chi connectivity index (χ0n) is 27.7. The Morgan fingerprint density at radius 2 is 0.940 bits per heavy atom. The summed E-state index contributed by atoms with van der Waals surface area (Å²) in [5.41, 5.74) is 16.0. The van der Waals surface area contributed by atoms with E-state index in [1.807, 2.05) is 0 Å². The molecular weight excluding hydrogens is 605 g/mol. The molecule has 50 heavy (non-hydrogen) atoms. The highest BCUT2D eigenvalue weighted by atomic mass is 15.0. The molecule has 0 N–H and O–H groups in total. The Balaban J connectivity index is 1.09. The smallest absolute Gasteiger partial charge is 0.0541 e. The Bertz CT molecular complexity index is 2910. The molecule has 9 aromatic rings. The molecule has 0 atom stereocenters. The highest BCUT2D eigenvalue weighted by Gasteiger charge is 2.24. The summed E-state index contributed by atoms with van der Waals surface area (Å²) in [6.45, 7) is 0. The van der Waals surface area contributed by atoms with Crippen molar-refractivity contribution in [1.29, 1.82) is 0 Å². The van der Waals surface area contributed by atoms with Gasteiger partial charge in [-0.2, -0.15) is 0 Å². The average molecular weight is 639 g/mol. The molecule has 0 fully saturated rings. The Hall–Kier alpha value is -6.12. The molecular formula is C48H34N2. The monoisotopic (exact) mass is 638 g/mol. The number of hydrogen-bond donors (Lipinski definition) is 0. The molecule has 0 amide bonds. The lowest BCUT2D eigenvalue weighted by Gasteiger charge is -2.26. The highest BCUT2D eigenvalue weighted by molar-refractivity contribution is 6.14. The number of benzene rings is 7. The lowest BCUT2D eigenvalue weighted by molar-refractivity contribution is 0.897. The summed E-state index contributed by atoms with van der Waals surface area (Å²) in [7, 11) is 0. The van der Waals surface area contributed by atoms with Crippen molar-refractivity contribution in [2.24, 2.45) is 0 Å². The van der Waals surface area contributed by atoms with Gasteiger partial charge in [0.25, 0.3) is 0 Å². The first-order valence-corrected chi connectivity index (χ1v) is 17.9. The van der Waals surface area contributed by atoms with E-state index in [4.69, 9.17) is 0 Å². The van der Waals surface area contributed by atoms with Crippen LogP contribution in [0.4, 0.5) is 0 Å². The van der Waals surface area contributed by atoms with E-state index in [0.29, 0.717) is 0 Å². The third-order valence-electron chi connectivity index (χ3n) is 11.3. The number of hydrogen-bond acceptors (Lipinski definition) is 0. The van der Waals surface area contributed by atoms with Crippen LogP contribution in [0.25, 0.3) is 89.0 Å². The normalized spacial score (nSPS) is 14.1. The van der Waals surface area contributed by atoms with Gasteiger partial charge in [-0.15, -0.1) is 0 Å². The number of fused-ring (bicyclic) bond motifs is 12. The maximum atomic E-state index is 2.54. The SMILES string of the molecule is C1=Cc2c(c3c(c4ccccc24)C=C(n2c4ccccc4c4cc(-c5ccc6c(c5)c5ccccc5n6-c5ccccc5)ccc42)CC3)CC1. The van der Waals surface area contributed by atoms with E-state index < -0.39 is 0 Å². The number of allylic oxidation sites excluding steroid dienone is 2. The third-order valence-corrected chi connectivity index (χ3v) is 11.3. The molecule has 0 spiro atoms. The Morgan fingerprint density at radius 1 is 0.400 bits per heavy atom. The van der Waals surface area contributed by atoms with Crippen LogP contribution in [0.1, 0.15) is 35.1 Å². The molecule has 11 rings (SSSR count). The minimum absolute atomic E-state index is 1.03. The van der Waals surface area contributed by atoms with Gasteiger partial charge in [-0.3, -0.25) is 0 Å². The summed E-state index contributed by atoms with van der Waals surface area (Å²) in [6.07, 6.45) is 11.6. The standard InChI is InChI=1S/C48H34N2/c1-2-12-33(13-3-1)49-45-20-10-8-18-40(45)43-28-31(22-26-47(43)49)32-23-27-48-44(29-32)41-19-9-11-21-46(41)50(48)34-24-25-39-37-16-5-4-14-35(37)36-15-6-7-17-38(36)42(39)30-34/h1-4,6-15,17-23,26-30H,5,16,24-25H2. The molecule has 2 heterocycles. The molecule has 0 saturated heterocycles. The summed E-state index contributed by atoms with van der Waals surface area (Å²) in [4.78, 5) is 0. The maximum absolute atomic E-state index is 2.54. The van der Waals surface area contributed by atoms with E-state index in [0.717, 1.165) is 25.7 Å². The maximum Gasteiger partial charge on any atom is 0.0541 e. The van der Waals surface area contributed by atoms with Gasteiger partial charge in [0.2, 0.25) is 0 Å². The number of aromatic nitrogens is 2. The largest absolute Gasteiger partial charge is 0.313 e. The fraction of sp³-hybridized carbons (Fsp3) is 0.0833. The van der Waals surface area contributed by atoms with Crippen molar-refractivity contribution < 1.29 is 0 Å². The predicted molar refractivity (Wildman–Crippen MR) is 213 cm³/mol. The second-order valence-electron chi connectivity index (χ2n) is 13.9. The minimum atomic E-state index is 1.03. The van der Waals surface area contributed by atoms with Gasteiger partial charge < -0.3 is 9.13 Å². The van der Waals surface area contributed by atoms with Crippen molar-refractivity contribution in [3.8, 4) is 16.8 Å². The summed E-state index contributed by atoms with van der Waals surface area (Å²) >= 11 is 0. The quantitative estimate of drug-likeness (QED) is 0.182. The number of nitrogens with zero attached hydrogens (tertiary/aromatic N) is 2. The Kier molecular flexibility index (Phi) is 5.94. The summed E-state index contributed by atoms with van der Waals surface area (Å²) < 4.78 is 4.93. The van der Waals surface area contributed by atoms with E-state index in [-0.39, 0.29) is 0 Å². The van der Waals surface area contributed by atoms with Crippen molar-refractivity contribution in [2.75, 3.05) is 0 Å². The highest BCUT2D eigenvalue weighted by Crippen LogP contribution is 2.43. The van der Waals surface area contributed by atoms with Crippen molar-refractivity contribution in [3.05, 3.63) is 168 Å². The van der Waals surface area contributed by atoms with E-state index in [2.05, 4.69) is 167 Å². The summed E-state index contributed by atoms with van der Waals surface area (Å²) in [5.74, 6) is 0. The first kappa shape index (κ1) is 27.8. The molecule has 0 bridgehead atoms. The third kappa shape index (κ3) is 3.96. The predicted octanol–water partition coefficient (Wildman–Crippen LogP) is 12.6. The summed E-state index contributed by atoms with van der Waals surface area (Å²) in [5, 5.41) is 7.92. The van der Waals surface area contributed by atoms with E-state index >= 15 is 0 Å². The van der Waals surface area contributed by atoms with Gasteiger partial charge in [0.05, 0.1) is 22.1 Å². The van der Waals surface area contributed by atoms with Gasteiger partial charge in [0, 0.05) is 32.9 Å². The molecule has 2 nitrogen and oxygen atoms in total. The van der Waals surface area contributed by atoms with Gasteiger partial charge in [-0.25, -0.2) is 0 Å². The van der Waals surface area contributed by atoms with Crippen molar-refractivity contribution >= 4 is 72.2 Å². The molecule has 2 aliphatic rings. The molecule has 0 radical (unpaired) electrons. The molecule has 0 unspecified atom stereocenters. The number of rotatable bonds is 3. The molecule has 7 aromatic carbocycles. The second-order valence-corrected chi connectivity index (χ2v) is 13.9. The molecule has 2 aliphatic carbocycles. The summed E-state index contributed by atoms with van der Waals surface area (Å²) in [6, 6.07) is 51.5. The van der Waals surface area contributed by atoms with Crippen molar-refractivity contribution in [2.45, 2.75) is 25.7 Å². The Labute approximate surface area is 290 Å². The van der Waals surface area contributed by atoms with Crippen LogP contribution < -0.4 is 0 Å². The molecule has 2 heteroatoms. The van der Waals surface area contributed by atoms with Crippen LogP contribution in [0.5, 0.6) is 0 Å². The van der Waals surface area contributed by atoms with Crippen LogP contribution in [0.2, 0.25) is 0 Å². The van der Waals surface area contributed by atoms with E-state index in [1.165, 1.54) is 88.0 Å². The number of para-hydroxylation sites is 3. The van der Waals surface area contributed by atoms with Crippen LogP contribution >= 0.6 is 0 Å². The van der Waals surface area contributed by atoms with Gasteiger partial charge in [-0.05, 0) is 124 Å². The molecule has 2 aromatic heterocycles. The van der Waals surface area contributed by atoms with Crippen LogP contribution in [0, 0.1) is 0 Å². The fourth-order valence-corrected chi connectivity index (χ4v) is 9.10. The zero-order valence-corrected chi connectivity index (χ0v) is 27.7. The van der Waals surface area contributed by atoms with Gasteiger partial charge in [-0.1, -0.05) is 103 Å². The van der Waals surface area contributed by atoms with Crippen LogP contribution in [-0.4, -0.2) is 9.13 Å². The van der Waals surface area contributed by atoms with E-state index in [1.54, 1.807) is 11.1 Å². The second kappa shape index (κ2) is 10.7. The van der Waals surface area contributed by atoms with Crippen molar-refractivity contribution in [1.82, 2.24) is 9.13 Å². The zero-order chi connectivity index (χ0) is 32.8. The van der Waals surface area contributed by atoms with Crippen LogP contribution in [0.3, 0.4) is 0 Å². The lowest BCUT2D eigenvalue weighted by atomic mass is 9.80. The van der Waals surface area contributed by atoms with Gasteiger partial charge >= 0.3 is 0 Å². The lowest BCUT2D eigenvalue weighted by Crippen LogP contribution is -2.10. The van der Waals surface area contributed by atoms with Crippen LogP contribution in [0.15, 0.2) is 146 Å².